The third-order valence-electron chi connectivity index (χ3n) is 3.06. The highest BCUT2D eigenvalue weighted by atomic mass is 35.5. The molecule has 1 N–H and O–H groups in total. The van der Waals surface area contributed by atoms with E-state index < -0.39 is 6.10 Å². The maximum absolute atomic E-state index is 9.77. The molecule has 2 aromatic rings. The molecule has 0 bridgehead atoms. The summed E-state index contributed by atoms with van der Waals surface area (Å²) in [4.78, 5) is 4.14. The highest BCUT2D eigenvalue weighted by Gasteiger charge is 2.11. The molecule has 2 rings (SSSR count). The van der Waals surface area contributed by atoms with Crippen molar-refractivity contribution in [1.29, 1.82) is 0 Å². The fraction of sp³-hybridized carbons (Fsp3) is 0.400. The van der Waals surface area contributed by atoms with Crippen LogP contribution in [0, 0.1) is 0 Å². The Balaban J connectivity index is 2.12. The number of aromatic nitrogens is 2. The Labute approximate surface area is 124 Å². The summed E-state index contributed by atoms with van der Waals surface area (Å²) in [6.07, 6.45) is 4.03. The highest BCUT2D eigenvalue weighted by molar-refractivity contribution is 6.30. The van der Waals surface area contributed by atoms with Gasteiger partial charge in [-0.1, -0.05) is 18.5 Å². The number of aliphatic hydroxyl groups excluding tert-OH is 1. The first-order chi connectivity index (χ1) is 9.61. The summed E-state index contributed by atoms with van der Waals surface area (Å²) in [5.74, 6) is 0.647. The molecular formula is C15H19ClN2O2. The SMILES string of the molecule is CCCn1cncc1COc1ccc(Cl)cc1[C@@H](C)O. The Hall–Kier alpha value is -1.52. The van der Waals surface area contributed by atoms with E-state index in [1.807, 2.05) is 0 Å². The van der Waals surface area contributed by atoms with Crippen LogP contribution in [0.5, 0.6) is 5.75 Å². The van der Waals surface area contributed by atoms with Gasteiger partial charge in [0.25, 0.3) is 0 Å². The first-order valence-electron chi connectivity index (χ1n) is 6.71. The number of imidazole rings is 1. The molecule has 0 spiro atoms. The van der Waals surface area contributed by atoms with E-state index in [9.17, 15) is 5.11 Å². The van der Waals surface area contributed by atoms with Crippen molar-refractivity contribution in [2.75, 3.05) is 0 Å². The zero-order valence-corrected chi connectivity index (χ0v) is 12.5. The zero-order chi connectivity index (χ0) is 14.5. The van der Waals surface area contributed by atoms with Gasteiger partial charge in [-0.15, -0.1) is 0 Å². The molecule has 1 aromatic heterocycles. The summed E-state index contributed by atoms with van der Waals surface area (Å²) in [6.45, 7) is 5.15. The quantitative estimate of drug-likeness (QED) is 0.886. The van der Waals surface area contributed by atoms with Crippen LogP contribution in [0.1, 0.15) is 37.6 Å². The maximum atomic E-state index is 9.77. The molecule has 1 aromatic carbocycles. The predicted octanol–water partition coefficient (Wildman–Crippen LogP) is 3.58. The van der Waals surface area contributed by atoms with Gasteiger partial charge in [-0.05, 0) is 31.5 Å². The summed E-state index contributed by atoms with van der Waals surface area (Å²) in [6, 6.07) is 5.27. The predicted molar refractivity (Wildman–Crippen MR) is 78.9 cm³/mol. The minimum atomic E-state index is -0.621. The second-order valence-corrected chi connectivity index (χ2v) is 5.16. The lowest BCUT2D eigenvalue weighted by Crippen LogP contribution is -2.06. The smallest absolute Gasteiger partial charge is 0.130 e. The molecule has 4 nitrogen and oxygen atoms in total. The summed E-state index contributed by atoms with van der Waals surface area (Å²) in [5.41, 5.74) is 1.71. The second kappa shape index (κ2) is 6.77. The number of aliphatic hydroxyl groups is 1. The van der Waals surface area contributed by atoms with Crippen molar-refractivity contribution < 1.29 is 9.84 Å². The first-order valence-corrected chi connectivity index (χ1v) is 7.09. The Morgan fingerprint density at radius 3 is 2.95 bits per heavy atom. The van der Waals surface area contributed by atoms with Crippen molar-refractivity contribution >= 4 is 11.6 Å². The molecule has 0 aliphatic rings. The van der Waals surface area contributed by atoms with Crippen LogP contribution >= 0.6 is 11.6 Å². The van der Waals surface area contributed by atoms with E-state index in [2.05, 4.69) is 16.5 Å². The average Bonchev–Trinajstić information content (AvgIpc) is 2.85. The topological polar surface area (TPSA) is 47.3 Å². The Morgan fingerprint density at radius 1 is 1.45 bits per heavy atom. The molecule has 20 heavy (non-hydrogen) atoms. The number of benzene rings is 1. The second-order valence-electron chi connectivity index (χ2n) is 4.73. The van der Waals surface area contributed by atoms with Gasteiger partial charge in [0.1, 0.15) is 12.4 Å². The van der Waals surface area contributed by atoms with Gasteiger partial charge in [-0.2, -0.15) is 0 Å². The van der Waals surface area contributed by atoms with Crippen molar-refractivity contribution in [3.05, 3.63) is 47.0 Å². The minimum Gasteiger partial charge on any atom is -0.487 e. The highest BCUT2D eigenvalue weighted by Crippen LogP contribution is 2.28. The number of hydrogen-bond acceptors (Lipinski definition) is 3. The number of nitrogens with zero attached hydrogens (tertiary/aromatic N) is 2. The van der Waals surface area contributed by atoms with Crippen molar-refractivity contribution in [3.63, 3.8) is 0 Å². The van der Waals surface area contributed by atoms with Gasteiger partial charge in [-0.3, -0.25) is 0 Å². The van der Waals surface area contributed by atoms with E-state index in [4.69, 9.17) is 16.3 Å². The van der Waals surface area contributed by atoms with Gasteiger partial charge in [0.15, 0.2) is 0 Å². The lowest BCUT2D eigenvalue weighted by Gasteiger charge is -2.14. The molecule has 0 fully saturated rings. The number of hydrogen-bond donors (Lipinski definition) is 1. The third kappa shape index (κ3) is 3.52. The lowest BCUT2D eigenvalue weighted by atomic mass is 10.1. The van der Waals surface area contributed by atoms with Crippen LogP contribution in [0.3, 0.4) is 0 Å². The largest absolute Gasteiger partial charge is 0.487 e. The molecule has 0 radical (unpaired) electrons. The summed E-state index contributed by atoms with van der Waals surface area (Å²) >= 11 is 5.95. The number of rotatable bonds is 6. The molecule has 0 amide bonds. The Morgan fingerprint density at radius 2 is 2.25 bits per heavy atom. The maximum Gasteiger partial charge on any atom is 0.130 e. The van der Waals surface area contributed by atoms with Gasteiger partial charge in [0.2, 0.25) is 0 Å². The van der Waals surface area contributed by atoms with E-state index in [1.165, 1.54) is 0 Å². The van der Waals surface area contributed by atoms with Gasteiger partial charge in [0, 0.05) is 17.1 Å². The van der Waals surface area contributed by atoms with Gasteiger partial charge < -0.3 is 14.4 Å². The minimum absolute atomic E-state index is 0.418. The van der Waals surface area contributed by atoms with Crippen molar-refractivity contribution in [1.82, 2.24) is 9.55 Å². The van der Waals surface area contributed by atoms with Crippen LogP contribution < -0.4 is 4.74 Å². The van der Waals surface area contributed by atoms with E-state index in [-0.39, 0.29) is 0 Å². The number of ether oxygens (including phenoxy) is 1. The van der Waals surface area contributed by atoms with Crippen LogP contribution in [0.25, 0.3) is 0 Å². The Kier molecular flexibility index (Phi) is 5.04. The molecule has 0 saturated carbocycles. The monoisotopic (exact) mass is 294 g/mol. The molecule has 0 unspecified atom stereocenters. The van der Waals surface area contributed by atoms with Crippen molar-refractivity contribution in [2.24, 2.45) is 0 Å². The van der Waals surface area contributed by atoms with Crippen LogP contribution in [0.15, 0.2) is 30.7 Å². The van der Waals surface area contributed by atoms with Crippen LogP contribution in [-0.4, -0.2) is 14.7 Å². The molecule has 108 valence electrons. The van der Waals surface area contributed by atoms with Crippen LogP contribution in [0.2, 0.25) is 5.02 Å². The standard InChI is InChI=1S/C15H19ClN2O2/c1-3-6-18-10-17-8-13(18)9-20-15-5-4-12(16)7-14(15)11(2)19/h4-5,7-8,10-11,19H,3,6,9H2,1-2H3/t11-/m1/s1. The van der Waals surface area contributed by atoms with E-state index in [1.54, 1.807) is 37.6 Å². The van der Waals surface area contributed by atoms with Gasteiger partial charge in [-0.25, -0.2) is 4.98 Å². The van der Waals surface area contributed by atoms with E-state index >= 15 is 0 Å². The average molecular weight is 295 g/mol. The fourth-order valence-corrected chi connectivity index (χ4v) is 2.22. The summed E-state index contributed by atoms with van der Waals surface area (Å²) < 4.78 is 7.87. The molecule has 0 aliphatic carbocycles. The van der Waals surface area contributed by atoms with Gasteiger partial charge >= 0.3 is 0 Å². The number of aryl methyl sites for hydroxylation is 1. The normalized spacial score (nSPS) is 12.4. The molecule has 1 atom stereocenters. The molecule has 0 saturated heterocycles. The molecular weight excluding hydrogens is 276 g/mol. The van der Waals surface area contributed by atoms with Crippen molar-refractivity contribution in [2.45, 2.75) is 39.5 Å². The van der Waals surface area contributed by atoms with E-state index in [0.29, 0.717) is 22.9 Å². The van der Waals surface area contributed by atoms with Crippen LogP contribution in [-0.2, 0) is 13.2 Å². The van der Waals surface area contributed by atoms with Crippen molar-refractivity contribution in [3.8, 4) is 5.75 Å². The zero-order valence-electron chi connectivity index (χ0n) is 11.7. The third-order valence-corrected chi connectivity index (χ3v) is 3.30. The summed E-state index contributed by atoms with van der Waals surface area (Å²) in [7, 11) is 0. The molecule has 0 aliphatic heterocycles. The van der Waals surface area contributed by atoms with E-state index in [0.717, 1.165) is 18.7 Å². The molecule has 1 heterocycles. The van der Waals surface area contributed by atoms with Crippen LogP contribution in [0.4, 0.5) is 0 Å². The van der Waals surface area contributed by atoms with Gasteiger partial charge in [0.05, 0.1) is 24.3 Å². The fourth-order valence-electron chi connectivity index (χ4n) is 2.04. The Bertz CT molecular complexity index is 567. The number of halogens is 1. The molecule has 5 heteroatoms. The lowest BCUT2D eigenvalue weighted by molar-refractivity contribution is 0.189. The summed E-state index contributed by atoms with van der Waals surface area (Å²) in [5, 5.41) is 10.4. The first kappa shape index (κ1) is 14.9.